The zero-order valence-electron chi connectivity index (χ0n) is 10.5. The molecule has 2 nitrogen and oxygen atoms in total. The van der Waals surface area contributed by atoms with Crippen LogP contribution in [0.1, 0.15) is 5.56 Å². The van der Waals surface area contributed by atoms with Crippen molar-refractivity contribution in [3.05, 3.63) is 34.3 Å². The summed E-state index contributed by atoms with van der Waals surface area (Å²) in [5.74, 6) is -20.1. The van der Waals surface area contributed by atoms with Gasteiger partial charge in [-0.25, -0.2) is 0 Å². The Morgan fingerprint density at radius 1 is 0.826 bits per heavy atom. The standard InChI is InChI=1S/C11H5BrF9NO/c12-6-3-1-5(2-4-6)7(22-23)8(13,14)9(15,16)10(17,18)11(19,20)21/h1-4,23H/b22-7+. The van der Waals surface area contributed by atoms with Gasteiger partial charge in [0.1, 0.15) is 0 Å². The summed E-state index contributed by atoms with van der Waals surface area (Å²) in [5, 5.41) is 10.2. The summed E-state index contributed by atoms with van der Waals surface area (Å²) in [5.41, 5.74) is -3.31. The number of rotatable bonds is 4. The third-order valence-electron chi connectivity index (χ3n) is 2.66. The van der Waals surface area contributed by atoms with Crippen LogP contribution in [0.4, 0.5) is 39.5 Å². The number of benzene rings is 1. The summed E-state index contributed by atoms with van der Waals surface area (Å²) in [6, 6.07) is 3.32. The number of halogens is 10. The maximum absolute atomic E-state index is 13.6. The smallest absolute Gasteiger partial charge is 0.410 e. The lowest BCUT2D eigenvalue weighted by molar-refractivity contribution is -0.384. The summed E-state index contributed by atoms with van der Waals surface area (Å²) in [6.45, 7) is 0. The van der Waals surface area contributed by atoms with Gasteiger partial charge in [-0.3, -0.25) is 0 Å². The van der Waals surface area contributed by atoms with Gasteiger partial charge in [-0.15, -0.1) is 0 Å². The highest BCUT2D eigenvalue weighted by Gasteiger charge is 2.83. The molecule has 0 aliphatic rings. The molecular formula is C11H5BrF9NO. The van der Waals surface area contributed by atoms with E-state index < -0.39 is 35.2 Å². The summed E-state index contributed by atoms with van der Waals surface area (Å²) < 4.78 is 116. The van der Waals surface area contributed by atoms with Gasteiger partial charge in [0.25, 0.3) is 0 Å². The number of hydrogen-bond donors (Lipinski definition) is 1. The molecular weight excluding hydrogens is 413 g/mol. The van der Waals surface area contributed by atoms with Gasteiger partial charge in [0.15, 0.2) is 5.71 Å². The first kappa shape index (κ1) is 19.6. The molecule has 0 aliphatic carbocycles. The zero-order valence-corrected chi connectivity index (χ0v) is 12.1. The predicted molar refractivity (Wildman–Crippen MR) is 63.4 cm³/mol. The molecule has 1 N–H and O–H groups in total. The molecule has 0 saturated heterocycles. The van der Waals surface area contributed by atoms with Crippen molar-refractivity contribution in [1.82, 2.24) is 0 Å². The van der Waals surface area contributed by atoms with E-state index in [2.05, 4.69) is 15.9 Å². The second-order valence-corrected chi connectivity index (χ2v) is 5.09. The lowest BCUT2D eigenvalue weighted by Gasteiger charge is -2.33. The Bertz CT molecular complexity index is 595. The molecule has 1 aromatic carbocycles. The van der Waals surface area contributed by atoms with Crippen LogP contribution < -0.4 is 0 Å². The molecule has 0 fully saturated rings. The molecule has 0 spiro atoms. The molecule has 0 aromatic heterocycles. The molecule has 0 unspecified atom stereocenters. The third kappa shape index (κ3) is 3.12. The van der Waals surface area contributed by atoms with Gasteiger partial charge < -0.3 is 5.21 Å². The SMILES string of the molecule is O/N=C(\c1ccc(Br)cc1)C(F)(F)C(F)(F)C(F)(F)C(F)(F)F. The van der Waals surface area contributed by atoms with E-state index in [1.165, 1.54) is 0 Å². The minimum atomic E-state index is -7.06. The van der Waals surface area contributed by atoms with Crippen molar-refractivity contribution in [2.24, 2.45) is 5.16 Å². The highest BCUT2D eigenvalue weighted by molar-refractivity contribution is 9.10. The average molecular weight is 418 g/mol. The molecule has 0 atom stereocenters. The van der Waals surface area contributed by atoms with Crippen LogP contribution >= 0.6 is 15.9 Å². The van der Waals surface area contributed by atoms with E-state index in [9.17, 15) is 39.5 Å². The minimum absolute atomic E-state index is 0.259. The van der Waals surface area contributed by atoms with Crippen molar-refractivity contribution in [3.8, 4) is 0 Å². The van der Waals surface area contributed by atoms with E-state index in [4.69, 9.17) is 5.21 Å². The monoisotopic (exact) mass is 417 g/mol. The number of nitrogens with zero attached hydrogens (tertiary/aromatic N) is 1. The quantitative estimate of drug-likeness (QED) is 0.314. The fourth-order valence-corrected chi connectivity index (χ4v) is 1.70. The first-order chi connectivity index (χ1) is 10.2. The van der Waals surface area contributed by atoms with E-state index in [0.29, 0.717) is 12.1 Å². The zero-order chi connectivity index (χ0) is 18.3. The fourth-order valence-electron chi connectivity index (χ4n) is 1.43. The van der Waals surface area contributed by atoms with E-state index >= 15 is 0 Å². The molecule has 1 rings (SSSR count). The van der Waals surface area contributed by atoms with Gasteiger partial charge in [-0.2, -0.15) is 39.5 Å². The molecule has 0 heterocycles. The Labute approximate surface area is 130 Å². The summed E-state index contributed by atoms with van der Waals surface area (Å²) >= 11 is 2.86. The average Bonchev–Trinajstić information content (AvgIpc) is 2.39. The summed E-state index contributed by atoms with van der Waals surface area (Å²) in [6.07, 6.45) is -6.94. The van der Waals surface area contributed by atoms with Crippen LogP contribution in [0.5, 0.6) is 0 Å². The van der Waals surface area contributed by atoms with Gasteiger partial charge in [0.2, 0.25) is 0 Å². The van der Waals surface area contributed by atoms with Crippen LogP contribution in [-0.4, -0.2) is 34.9 Å². The second kappa shape index (κ2) is 5.87. The van der Waals surface area contributed by atoms with E-state index in [1.807, 2.05) is 0 Å². The van der Waals surface area contributed by atoms with Crippen LogP contribution in [0.25, 0.3) is 0 Å². The summed E-state index contributed by atoms with van der Waals surface area (Å²) in [4.78, 5) is 0. The summed E-state index contributed by atoms with van der Waals surface area (Å²) in [7, 11) is 0. The van der Waals surface area contributed by atoms with Crippen molar-refractivity contribution >= 4 is 21.6 Å². The molecule has 0 saturated carbocycles. The Morgan fingerprint density at radius 2 is 1.26 bits per heavy atom. The highest BCUT2D eigenvalue weighted by Crippen LogP contribution is 2.53. The van der Waals surface area contributed by atoms with Crippen LogP contribution in [-0.2, 0) is 0 Å². The highest BCUT2D eigenvalue weighted by atomic mass is 79.9. The molecule has 0 bridgehead atoms. The van der Waals surface area contributed by atoms with Gasteiger partial charge in [0, 0.05) is 10.0 Å². The molecule has 1 aromatic rings. The van der Waals surface area contributed by atoms with Crippen molar-refractivity contribution in [3.63, 3.8) is 0 Å². The second-order valence-electron chi connectivity index (χ2n) is 4.18. The van der Waals surface area contributed by atoms with Gasteiger partial charge in [-0.05, 0) is 12.1 Å². The maximum Gasteiger partial charge on any atom is 0.460 e. The van der Waals surface area contributed by atoms with Gasteiger partial charge >= 0.3 is 23.9 Å². The molecule has 0 aliphatic heterocycles. The van der Waals surface area contributed by atoms with Crippen LogP contribution in [0.15, 0.2) is 33.9 Å². The van der Waals surface area contributed by atoms with Gasteiger partial charge in [-0.1, -0.05) is 33.2 Å². The number of alkyl halides is 9. The first-order valence-corrected chi connectivity index (χ1v) is 6.18. The van der Waals surface area contributed by atoms with Crippen LogP contribution in [0, 0.1) is 0 Å². The molecule has 12 heteroatoms. The first-order valence-electron chi connectivity index (χ1n) is 5.38. The lowest BCUT2D eigenvalue weighted by Crippen LogP contribution is -2.63. The Hall–Kier alpha value is -1.46. The fraction of sp³-hybridized carbons (Fsp3) is 0.364. The van der Waals surface area contributed by atoms with E-state index in [0.717, 1.165) is 12.1 Å². The van der Waals surface area contributed by atoms with Gasteiger partial charge in [0.05, 0.1) is 0 Å². The van der Waals surface area contributed by atoms with Crippen molar-refractivity contribution in [2.45, 2.75) is 23.9 Å². The lowest BCUT2D eigenvalue weighted by atomic mass is 9.95. The van der Waals surface area contributed by atoms with Crippen LogP contribution in [0.3, 0.4) is 0 Å². The molecule has 23 heavy (non-hydrogen) atoms. The van der Waals surface area contributed by atoms with Crippen molar-refractivity contribution in [2.75, 3.05) is 0 Å². The Balaban J connectivity index is 3.45. The van der Waals surface area contributed by atoms with Crippen molar-refractivity contribution in [1.29, 1.82) is 0 Å². The topological polar surface area (TPSA) is 32.6 Å². The number of oxime groups is 1. The minimum Gasteiger partial charge on any atom is -0.410 e. The van der Waals surface area contributed by atoms with Crippen molar-refractivity contribution < 1.29 is 44.7 Å². The van der Waals surface area contributed by atoms with E-state index in [1.54, 1.807) is 5.16 Å². The predicted octanol–water partition coefficient (Wildman–Crippen LogP) is 5.10. The Morgan fingerprint density at radius 3 is 1.61 bits per heavy atom. The number of hydrogen-bond acceptors (Lipinski definition) is 2. The Kier molecular flexibility index (Phi) is 5.00. The molecule has 0 radical (unpaired) electrons. The van der Waals surface area contributed by atoms with Crippen LogP contribution in [0.2, 0.25) is 0 Å². The normalized spacial score (nSPS) is 15.0. The molecule has 0 amide bonds. The third-order valence-corrected chi connectivity index (χ3v) is 3.19. The molecule has 130 valence electrons. The largest absolute Gasteiger partial charge is 0.460 e. The maximum atomic E-state index is 13.6. The van der Waals surface area contributed by atoms with E-state index in [-0.39, 0.29) is 4.47 Å².